The fraction of sp³-hybridized carbons (Fsp3) is 0.412. The second kappa shape index (κ2) is 9.83. The summed E-state index contributed by atoms with van der Waals surface area (Å²) in [6, 6.07) is 4.17. The van der Waals surface area contributed by atoms with E-state index >= 15 is 0 Å². The number of aryl methyl sites for hydroxylation is 2. The molecule has 0 saturated carbocycles. The molecule has 10 heteroatoms. The Morgan fingerprint density at radius 3 is 2.74 bits per heavy atom. The van der Waals surface area contributed by atoms with Gasteiger partial charge in [-0.1, -0.05) is 6.07 Å². The number of nitrogens with zero attached hydrogens (tertiary/aromatic N) is 7. The van der Waals surface area contributed by atoms with E-state index in [0.29, 0.717) is 6.54 Å². The molecule has 0 fully saturated rings. The minimum Gasteiger partial charge on any atom is -0.351 e. The molecule has 0 aliphatic heterocycles. The van der Waals surface area contributed by atoms with E-state index < -0.39 is 0 Å². The van der Waals surface area contributed by atoms with Crippen molar-refractivity contribution in [1.82, 2.24) is 34.8 Å². The van der Waals surface area contributed by atoms with Gasteiger partial charge in [-0.15, -0.1) is 45.5 Å². The maximum Gasteiger partial charge on any atom is 0.194 e. The van der Waals surface area contributed by atoms with Gasteiger partial charge in [0.1, 0.15) is 12.4 Å². The number of aliphatic imine (C=N–C) groups is 1. The van der Waals surface area contributed by atoms with Crippen molar-refractivity contribution in [2.45, 2.75) is 26.6 Å². The lowest BCUT2D eigenvalue weighted by molar-refractivity contribution is 0.474. The average molecular weight is 500 g/mol. The molecule has 3 aromatic heterocycles. The summed E-state index contributed by atoms with van der Waals surface area (Å²) < 4.78 is 3.77. The van der Waals surface area contributed by atoms with Gasteiger partial charge < -0.3 is 14.8 Å². The van der Waals surface area contributed by atoms with E-state index in [9.17, 15) is 0 Å². The minimum absolute atomic E-state index is 0. The van der Waals surface area contributed by atoms with Gasteiger partial charge in [0, 0.05) is 44.3 Å². The quantitative estimate of drug-likeness (QED) is 0.320. The molecular formula is C17H25IN8S. The number of thiophene rings is 1. The molecule has 0 amide bonds. The van der Waals surface area contributed by atoms with E-state index in [4.69, 9.17) is 4.99 Å². The molecular weight excluding hydrogens is 475 g/mol. The normalized spacial score (nSPS) is 11.3. The number of hydrogen-bond donors (Lipinski definition) is 1. The van der Waals surface area contributed by atoms with Crippen LogP contribution in [0.15, 0.2) is 34.9 Å². The monoisotopic (exact) mass is 500 g/mol. The molecule has 3 aromatic rings. The highest BCUT2D eigenvalue weighted by molar-refractivity contribution is 14.0. The van der Waals surface area contributed by atoms with E-state index in [1.807, 2.05) is 45.0 Å². The van der Waals surface area contributed by atoms with Crippen molar-refractivity contribution in [2.24, 2.45) is 19.1 Å². The first kappa shape index (κ1) is 21.4. The highest BCUT2D eigenvalue weighted by Gasteiger charge is 2.11. The minimum atomic E-state index is 0. The maximum atomic E-state index is 4.76. The summed E-state index contributed by atoms with van der Waals surface area (Å²) in [5, 5.41) is 18.0. The van der Waals surface area contributed by atoms with Gasteiger partial charge in [-0.2, -0.15) is 5.10 Å². The first-order valence-corrected chi connectivity index (χ1v) is 9.25. The standard InChI is InChI=1S/C17H24N8S.HI/c1-13-21-22-16(25(13)4)10-19-17(18-9-15-6-5-7-26-15)23(2)11-14-8-20-24(3)12-14;/h5-8,12H,9-11H2,1-4H3,(H,18,19);1H. The SMILES string of the molecule is Cc1nnc(CN=C(NCc2cccs2)N(C)Cc2cnn(C)c2)n1C.I. The van der Waals surface area contributed by atoms with Crippen LogP contribution in [0.1, 0.15) is 22.1 Å². The number of guanidine groups is 1. The summed E-state index contributed by atoms with van der Waals surface area (Å²) in [6.45, 7) is 3.87. The van der Waals surface area contributed by atoms with Gasteiger partial charge in [-0.05, 0) is 18.4 Å². The molecule has 8 nitrogen and oxygen atoms in total. The van der Waals surface area contributed by atoms with Crippen LogP contribution >= 0.6 is 35.3 Å². The molecule has 0 saturated heterocycles. The zero-order chi connectivity index (χ0) is 18.5. The summed E-state index contributed by atoms with van der Waals surface area (Å²) in [5.74, 6) is 2.54. The molecule has 1 N–H and O–H groups in total. The number of rotatable bonds is 6. The summed E-state index contributed by atoms with van der Waals surface area (Å²) in [4.78, 5) is 8.11. The fourth-order valence-electron chi connectivity index (χ4n) is 2.53. The second-order valence-corrected chi connectivity index (χ2v) is 7.21. The molecule has 0 unspecified atom stereocenters. The number of aromatic nitrogens is 5. The Labute approximate surface area is 180 Å². The van der Waals surface area contributed by atoms with Gasteiger partial charge >= 0.3 is 0 Å². The van der Waals surface area contributed by atoms with Crippen molar-refractivity contribution < 1.29 is 0 Å². The fourth-order valence-corrected chi connectivity index (χ4v) is 3.17. The number of halogens is 1. The average Bonchev–Trinajstić information content (AvgIpc) is 3.33. The molecule has 27 heavy (non-hydrogen) atoms. The van der Waals surface area contributed by atoms with Gasteiger partial charge in [0.05, 0.1) is 12.7 Å². The Kier molecular flexibility index (Phi) is 7.78. The Morgan fingerprint density at radius 2 is 2.15 bits per heavy atom. The van der Waals surface area contributed by atoms with E-state index in [2.05, 4.69) is 43.0 Å². The predicted octanol–water partition coefficient (Wildman–Crippen LogP) is 2.31. The van der Waals surface area contributed by atoms with Gasteiger partial charge in [-0.3, -0.25) is 4.68 Å². The molecule has 3 heterocycles. The first-order valence-electron chi connectivity index (χ1n) is 8.37. The molecule has 0 bridgehead atoms. The van der Waals surface area contributed by atoms with Crippen LogP contribution < -0.4 is 5.32 Å². The maximum absolute atomic E-state index is 4.76. The van der Waals surface area contributed by atoms with Crippen LogP contribution in [0.4, 0.5) is 0 Å². The summed E-state index contributed by atoms with van der Waals surface area (Å²) in [7, 11) is 5.90. The lowest BCUT2D eigenvalue weighted by Gasteiger charge is -2.21. The molecule has 0 aliphatic carbocycles. The predicted molar refractivity (Wildman–Crippen MR) is 118 cm³/mol. The lowest BCUT2D eigenvalue weighted by Crippen LogP contribution is -2.38. The third-order valence-corrected chi connectivity index (χ3v) is 4.97. The van der Waals surface area contributed by atoms with Crippen molar-refractivity contribution in [1.29, 1.82) is 0 Å². The Hall–Kier alpha value is -1.95. The van der Waals surface area contributed by atoms with Crippen molar-refractivity contribution in [3.8, 4) is 0 Å². The highest BCUT2D eigenvalue weighted by atomic mass is 127. The van der Waals surface area contributed by atoms with Crippen LogP contribution in [0.5, 0.6) is 0 Å². The molecule has 0 spiro atoms. The van der Waals surface area contributed by atoms with Crippen molar-refractivity contribution in [3.63, 3.8) is 0 Å². The van der Waals surface area contributed by atoms with E-state index in [-0.39, 0.29) is 24.0 Å². The number of nitrogens with one attached hydrogen (secondary N) is 1. The summed E-state index contributed by atoms with van der Waals surface area (Å²) in [6.07, 6.45) is 3.89. The molecule has 0 atom stereocenters. The molecule has 3 rings (SSSR count). The smallest absolute Gasteiger partial charge is 0.194 e. The highest BCUT2D eigenvalue weighted by Crippen LogP contribution is 2.09. The lowest BCUT2D eigenvalue weighted by atomic mass is 10.3. The van der Waals surface area contributed by atoms with Crippen LogP contribution in [-0.4, -0.2) is 42.5 Å². The van der Waals surface area contributed by atoms with Crippen molar-refractivity contribution in [2.75, 3.05) is 7.05 Å². The van der Waals surface area contributed by atoms with Gasteiger partial charge in [-0.25, -0.2) is 4.99 Å². The Morgan fingerprint density at radius 1 is 1.33 bits per heavy atom. The zero-order valence-corrected chi connectivity index (χ0v) is 19.1. The van der Waals surface area contributed by atoms with Gasteiger partial charge in [0.25, 0.3) is 0 Å². The van der Waals surface area contributed by atoms with Crippen LogP contribution in [0.2, 0.25) is 0 Å². The second-order valence-electron chi connectivity index (χ2n) is 6.17. The van der Waals surface area contributed by atoms with Gasteiger partial charge in [0.2, 0.25) is 0 Å². The molecule has 0 radical (unpaired) electrons. The molecule has 146 valence electrons. The van der Waals surface area contributed by atoms with Crippen molar-refractivity contribution in [3.05, 3.63) is 52.0 Å². The topological polar surface area (TPSA) is 76.2 Å². The number of hydrogen-bond acceptors (Lipinski definition) is 5. The van der Waals surface area contributed by atoms with Crippen LogP contribution in [0, 0.1) is 6.92 Å². The van der Waals surface area contributed by atoms with E-state index in [0.717, 1.165) is 36.3 Å². The van der Waals surface area contributed by atoms with E-state index in [1.54, 1.807) is 16.0 Å². The first-order chi connectivity index (χ1) is 12.5. The Bertz CT molecular complexity index is 868. The van der Waals surface area contributed by atoms with Crippen LogP contribution in [-0.2, 0) is 33.7 Å². The van der Waals surface area contributed by atoms with E-state index in [1.165, 1.54) is 4.88 Å². The molecule has 0 aliphatic rings. The van der Waals surface area contributed by atoms with Crippen molar-refractivity contribution >= 4 is 41.3 Å². The third kappa shape index (κ3) is 5.76. The Balaban J connectivity index is 0.00000261. The third-order valence-electron chi connectivity index (χ3n) is 4.09. The van der Waals surface area contributed by atoms with Gasteiger partial charge in [0.15, 0.2) is 11.8 Å². The molecule has 0 aromatic carbocycles. The zero-order valence-electron chi connectivity index (χ0n) is 16.0. The summed E-state index contributed by atoms with van der Waals surface area (Å²) in [5.41, 5.74) is 1.13. The van der Waals surface area contributed by atoms with Crippen LogP contribution in [0.3, 0.4) is 0 Å². The largest absolute Gasteiger partial charge is 0.351 e. The summed E-state index contributed by atoms with van der Waals surface area (Å²) >= 11 is 1.73. The van der Waals surface area contributed by atoms with Crippen LogP contribution in [0.25, 0.3) is 0 Å².